The average Bonchev–Trinajstić information content (AvgIpc) is 2.98. The molecule has 2 unspecified atom stereocenters. The lowest BCUT2D eigenvalue weighted by atomic mass is 9.93. The first-order valence-electron chi connectivity index (χ1n) is 14.5. The summed E-state index contributed by atoms with van der Waals surface area (Å²) in [5, 5.41) is 4.47. The van der Waals surface area contributed by atoms with Crippen LogP contribution in [-0.2, 0) is 16.1 Å². The SMILES string of the molecule is CNC1CCN(c2ncc(Oc3cc(CN4CCC(CC(=O)OC)CC4)cc(-c4cc(Cl)cc(Cl)c4)n3)cn2)CC1C. The van der Waals surface area contributed by atoms with E-state index in [0.717, 1.165) is 63.1 Å². The highest BCUT2D eigenvalue weighted by molar-refractivity contribution is 6.35. The van der Waals surface area contributed by atoms with Gasteiger partial charge in [-0.2, -0.15) is 0 Å². The van der Waals surface area contributed by atoms with Gasteiger partial charge in [-0.25, -0.2) is 15.0 Å². The lowest BCUT2D eigenvalue weighted by Crippen LogP contribution is -2.47. The number of hydrogen-bond acceptors (Lipinski definition) is 9. The number of piperidine rings is 2. The minimum atomic E-state index is -0.140. The van der Waals surface area contributed by atoms with Gasteiger partial charge in [-0.3, -0.25) is 9.69 Å². The van der Waals surface area contributed by atoms with E-state index in [4.69, 9.17) is 37.7 Å². The van der Waals surface area contributed by atoms with Crippen LogP contribution in [0.15, 0.2) is 42.7 Å². The summed E-state index contributed by atoms with van der Waals surface area (Å²) in [7, 11) is 3.46. The van der Waals surface area contributed by atoms with Gasteiger partial charge in [0.2, 0.25) is 11.8 Å². The minimum absolute atomic E-state index is 0.140. The van der Waals surface area contributed by atoms with E-state index in [1.807, 2.05) is 31.3 Å². The van der Waals surface area contributed by atoms with E-state index in [1.165, 1.54) is 7.11 Å². The van der Waals surface area contributed by atoms with Gasteiger partial charge in [0.25, 0.3) is 0 Å². The zero-order valence-corrected chi connectivity index (χ0v) is 25.9. The Kier molecular flexibility index (Phi) is 10.2. The van der Waals surface area contributed by atoms with Crippen molar-refractivity contribution in [3.8, 4) is 22.9 Å². The molecule has 0 amide bonds. The number of carbonyl (C=O) groups excluding carboxylic acids is 1. The zero-order chi connectivity index (χ0) is 29.6. The number of nitrogens with one attached hydrogen (secondary N) is 1. The quantitative estimate of drug-likeness (QED) is 0.299. The number of carbonyl (C=O) groups is 1. The van der Waals surface area contributed by atoms with Crippen LogP contribution in [0, 0.1) is 11.8 Å². The van der Waals surface area contributed by atoms with Crippen molar-refractivity contribution in [1.29, 1.82) is 0 Å². The molecule has 0 spiro atoms. The number of aromatic nitrogens is 3. The highest BCUT2D eigenvalue weighted by Gasteiger charge is 2.26. The van der Waals surface area contributed by atoms with Crippen LogP contribution in [0.2, 0.25) is 10.0 Å². The van der Waals surface area contributed by atoms with Crippen molar-refractivity contribution >= 4 is 35.1 Å². The smallest absolute Gasteiger partial charge is 0.305 e. The second kappa shape index (κ2) is 14.0. The van der Waals surface area contributed by atoms with Crippen LogP contribution in [0.4, 0.5) is 5.95 Å². The largest absolute Gasteiger partial charge is 0.469 e. The molecule has 1 N–H and O–H groups in total. The van der Waals surface area contributed by atoms with Crippen LogP contribution in [0.1, 0.15) is 38.2 Å². The molecule has 224 valence electrons. The molecule has 0 bridgehead atoms. The number of rotatable bonds is 9. The van der Waals surface area contributed by atoms with Gasteiger partial charge in [0, 0.05) is 53.8 Å². The molecule has 11 heteroatoms. The number of pyridine rings is 1. The Morgan fingerprint density at radius 1 is 1.02 bits per heavy atom. The molecule has 2 saturated heterocycles. The van der Waals surface area contributed by atoms with Crippen LogP contribution in [0.25, 0.3) is 11.3 Å². The van der Waals surface area contributed by atoms with Gasteiger partial charge in [0.05, 0.1) is 25.2 Å². The maximum absolute atomic E-state index is 11.7. The molecule has 4 heterocycles. The molecule has 2 aliphatic rings. The fourth-order valence-electron chi connectivity index (χ4n) is 5.88. The number of ether oxygens (including phenoxy) is 2. The normalized spacial score (nSPS) is 20.0. The van der Waals surface area contributed by atoms with Gasteiger partial charge in [0.15, 0.2) is 5.75 Å². The number of anilines is 1. The zero-order valence-electron chi connectivity index (χ0n) is 24.4. The van der Waals surface area contributed by atoms with Crippen molar-refractivity contribution in [3.63, 3.8) is 0 Å². The third-order valence-electron chi connectivity index (χ3n) is 8.21. The molecular weight excluding hydrogens is 575 g/mol. The highest BCUT2D eigenvalue weighted by atomic mass is 35.5. The summed E-state index contributed by atoms with van der Waals surface area (Å²) in [6.07, 6.45) is 6.84. The summed E-state index contributed by atoms with van der Waals surface area (Å²) < 4.78 is 11.1. The standard InChI is InChI=1S/C31H38Cl2N6O3/c1-20-18-39(9-6-27(20)34-2)31-35-16-26(17-36-31)42-29-11-22(10-28(37-29)23-13-24(32)15-25(33)14-23)19-38-7-4-21(5-8-38)12-30(40)41-3/h10-11,13-17,20-21,27,34H,4-9,12,18-19H2,1-3H3. The van der Waals surface area contributed by atoms with E-state index in [2.05, 4.69) is 32.0 Å². The Morgan fingerprint density at radius 3 is 2.38 bits per heavy atom. The fourth-order valence-corrected chi connectivity index (χ4v) is 6.41. The van der Waals surface area contributed by atoms with Crippen LogP contribution in [-0.4, -0.2) is 72.2 Å². The van der Waals surface area contributed by atoms with Gasteiger partial charge >= 0.3 is 5.97 Å². The molecule has 3 aromatic rings. The lowest BCUT2D eigenvalue weighted by Gasteiger charge is -2.36. The molecule has 0 aliphatic carbocycles. The number of hydrogen-bond donors (Lipinski definition) is 1. The summed E-state index contributed by atoms with van der Waals surface area (Å²) in [6, 6.07) is 9.90. The van der Waals surface area contributed by atoms with Crippen molar-refractivity contribution in [1.82, 2.24) is 25.2 Å². The first-order chi connectivity index (χ1) is 20.3. The number of nitrogens with zero attached hydrogens (tertiary/aromatic N) is 5. The van der Waals surface area contributed by atoms with Crippen LogP contribution in [0.5, 0.6) is 11.6 Å². The highest BCUT2D eigenvalue weighted by Crippen LogP contribution is 2.31. The molecule has 0 radical (unpaired) electrons. The molecule has 2 aliphatic heterocycles. The van der Waals surface area contributed by atoms with Crippen molar-refractivity contribution in [2.75, 3.05) is 45.2 Å². The summed E-state index contributed by atoms with van der Waals surface area (Å²) in [4.78, 5) is 30.3. The predicted octanol–water partition coefficient (Wildman–Crippen LogP) is 5.85. The number of esters is 1. The van der Waals surface area contributed by atoms with Gasteiger partial charge < -0.3 is 19.7 Å². The van der Waals surface area contributed by atoms with E-state index in [1.54, 1.807) is 18.5 Å². The van der Waals surface area contributed by atoms with Crippen molar-refractivity contribution < 1.29 is 14.3 Å². The monoisotopic (exact) mass is 612 g/mol. The van der Waals surface area contributed by atoms with Crippen LogP contribution >= 0.6 is 23.2 Å². The molecule has 2 atom stereocenters. The maximum atomic E-state index is 11.7. The van der Waals surface area contributed by atoms with E-state index >= 15 is 0 Å². The number of halogens is 2. The summed E-state index contributed by atoms with van der Waals surface area (Å²) in [5.74, 6) is 2.39. The van der Waals surface area contributed by atoms with E-state index in [9.17, 15) is 4.79 Å². The Morgan fingerprint density at radius 2 is 1.74 bits per heavy atom. The fraction of sp³-hybridized carbons (Fsp3) is 0.484. The molecule has 2 fully saturated rings. The van der Waals surface area contributed by atoms with Crippen molar-refractivity contribution in [2.24, 2.45) is 11.8 Å². The van der Waals surface area contributed by atoms with Gasteiger partial charge in [0.1, 0.15) is 0 Å². The maximum Gasteiger partial charge on any atom is 0.305 e. The van der Waals surface area contributed by atoms with E-state index in [-0.39, 0.29) is 5.97 Å². The lowest BCUT2D eigenvalue weighted by molar-refractivity contribution is -0.142. The first-order valence-corrected chi connectivity index (χ1v) is 15.2. The van der Waals surface area contributed by atoms with Crippen molar-refractivity contribution in [3.05, 3.63) is 58.3 Å². The molecular formula is C31H38Cl2N6O3. The Labute approximate surface area is 257 Å². The van der Waals surface area contributed by atoms with Gasteiger partial charge in [-0.1, -0.05) is 30.1 Å². The molecule has 2 aromatic heterocycles. The molecule has 42 heavy (non-hydrogen) atoms. The summed E-state index contributed by atoms with van der Waals surface area (Å²) in [5.41, 5.74) is 2.57. The first kappa shape index (κ1) is 30.5. The molecule has 9 nitrogen and oxygen atoms in total. The average molecular weight is 614 g/mol. The number of benzene rings is 1. The minimum Gasteiger partial charge on any atom is -0.469 e. The van der Waals surface area contributed by atoms with Crippen LogP contribution < -0.4 is 15.0 Å². The third-order valence-corrected chi connectivity index (χ3v) is 8.65. The topological polar surface area (TPSA) is 92.7 Å². The van der Waals surface area contributed by atoms with E-state index in [0.29, 0.717) is 57.6 Å². The van der Waals surface area contributed by atoms with Gasteiger partial charge in [-0.15, -0.1) is 0 Å². The number of likely N-dealkylation sites (tertiary alicyclic amines) is 1. The number of methoxy groups -OCH3 is 1. The summed E-state index contributed by atoms with van der Waals surface area (Å²) in [6.45, 7) is 6.59. The summed E-state index contributed by atoms with van der Waals surface area (Å²) >= 11 is 12.6. The van der Waals surface area contributed by atoms with Crippen LogP contribution in [0.3, 0.4) is 0 Å². The molecule has 0 saturated carbocycles. The predicted molar refractivity (Wildman–Crippen MR) is 165 cm³/mol. The second-order valence-electron chi connectivity index (χ2n) is 11.3. The Bertz CT molecular complexity index is 1350. The van der Waals surface area contributed by atoms with Crippen molar-refractivity contribution in [2.45, 2.75) is 45.2 Å². The Balaban J connectivity index is 1.32. The third kappa shape index (κ3) is 7.89. The second-order valence-corrected chi connectivity index (χ2v) is 12.2. The van der Waals surface area contributed by atoms with E-state index < -0.39 is 0 Å². The molecule has 1 aromatic carbocycles. The molecule has 5 rings (SSSR count). The Hall–Kier alpha value is -2.98. The van der Waals surface area contributed by atoms with Gasteiger partial charge in [-0.05, 0) is 81.1 Å².